The average Bonchev–Trinajstić information content (AvgIpc) is 3.31. The Morgan fingerprint density at radius 2 is 2.29 bits per heavy atom. The van der Waals surface area contributed by atoms with Gasteiger partial charge in [0, 0.05) is 19.4 Å². The molecule has 2 amide bonds. The second-order valence-corrected chi connectivity index (χ2v) is 6.73. The minimum atomic E-state index is -0.212. The molecule has 1 saturated heterocycles. The van der Waals surface area contributed by atoms with E-state index in [4.69, 9.17) is 4.42 Å². The summed E-state index contributed by atoms with van der Waals surface area (Å²) in [6, 6.07) is 3.71. The van der Waals surface area contributed by atoms with Crippen LogP contribution in [-0.4, -0.2) is 33.5 Å². The Bertz CT molecular complexity index is 698. The fourth-order valence-corrected chi connectivity index (χ4v) is 3.53. The topological polar surface area (TPSA) is 88.3 Å². The maximum atomic E-state index is 12.4. The van der Waals surface area contributed by atoms with Gasteiger partial charge < -0.3 is 14.6 Å². The van der Waals surface area contributed by atoms with Crippen LogP contribution in [0.2, 0.25) is 0 Å². The molecule has 128 valence electrons. The molecule has 0 aliphatic carbocycles. The minimum absolute atomic E-state index is 0.00848. The van der Waals surface area contributed by atoms with Gasteiger partial charge in [0.15, 0.2) is 0 Å². The maximum absolute atomic E-state index is 12.4. The summed E-state index contributed by atoms with van der Waals surface area (Å²) < 4.78 is 5.43. The molecule has 8 heteroatoms. The third kappa shape index (κ3) is 3.81. The zero-order valence-corrected chi connectivity index (χ0v) is 14.3. The molecule has 0 aromatic carbocycles. The Kier molecular flexibility index (Phi) is 5.24. The summed E-state index contributed by atoms with van der Waals surface area (Å²) in [7, 11) is 0. The minimum Gasteiger partial charge on any atom is -0.467 e. The fourth-order valence-electron chi connectivity index (χ4n) is 2.83. The summed E-state index contributed by atoms with van der Waals surface area (Å²) in [4.78, 5) is 26.2. The number of nitrogens with one attached hydrogen (secondary N) is 1. The summed E-state index contributed by atoms with van der Waals surface area (Å²) in [5.74, 6) is 0.581. The number of aryl methyl sites for hydroxylation is 1. The van der Waals surface area contributed by atoms with E-state index < -0.39 is 0 Å². The first kappa shape index (κ1) is 16.6. The van der Waals surface area contributed by atoms with Crippen LogP contribution in [0.25, 0.3) is 0 Å². The van der Waals surface area contributed by atoms with E-state index in [-0.39, 0.29) is 30.7 Å². The van der Waals surface area contributed by atoms with Crippen LogP contribution in [0.1, 0.15) is 49.4 Å². The summed E-state index contributed by atoms with van der Waals surface area (Å²) in [6.45, 7) is 2.69. The molecule has 2 aromatic rings. The van der Waals surface area contributed by atoms with Crippen LogP contribution < -0.4 is 5.32 Å². The number of hydrogen-bond donors (Lipinski definition) is 1. The predicted molar refractivity (Wildman–Crippen MR) is 89.5 cm³/mol. The van der Waals surface area contributed by atoms with E-state index in [0.29, 0.717) is 11.7 Å². The number of carbonyl (C=O) groups is 2. The van der Waals surface area contributed by atoms with Crippen LogP contribution in [0.5, 0.6) is 0 Å². The van der Waals surface area contributed by atoms with Crippen molar-refractivity contribution in [2.75, 3.05) is 11.9 Å². The third-order valence-corrected chi connectivity index (χ3v) is 5.01. The Balaban J connectivity index is 1.50. The van der Waals surface area contributed by atoms with Crippen LogP contribution in [0.15, 0.2) is 22.8 Å². The SMILES string of the molecule is CCc1nnc(NC(=O)CCC(=O)N2CCC[C@H]2c2ccco2)s1. The molecular formula is C16H20N4O3S. The maximum Gasteiger partial charge on any atom is 0.226 e. The van der Waals surface area contributed by atoms with E-state index in [2.05, 4.69) is 15.5 Å². The highest BCUT2D eigenvalue weighted by molar-refractivity contribution is 7.15. The lowest BCUT2D eigenvalue weighted by Gasteiger charge is -2.23. The molecule has 1 aliphatic heterocycles. The molecule has 1 aliphatic rings. The van der Waals surface area contributed by atoms with E-state index in [1.54, 1.807) is 6.26 Å². The van der Waals surface area contributed by atoms with Gasteiger partial charge in [0.05, 0.1) is 12.3 Å². The molecule has 3 heterocycles. The number of likely N-dealkylation sites (tertiary alicyclic amines) is 1. The quantitative estimate of drug-likeness (QED) is 0.867. The highest BCUT2D eigenvalue weighted by atomic mass is 32.1. The van der Waals surface area contributed by atoms with E-state index >= 15 is 0 Å². The van der Waals surface area contributed by atoms with Crippen molar-refractivity contribution in [2.24, 2.45) is 0 Å². The van der Waals surface area contributed by atoms with Gasteiger partial charge in [0.2, 0.25) is 16.9 Å². The van der Waals surface area contributed by atoms with E-state index in [0.717, 1.165) is 30.0 Å². The standard InChI is InChI=1S/C16H20N4O3S/c1-2-14-18-19-16(24-14)17-13(21)7-8-15(22)20-9-3-5-11(20)12-6-4-10-23-12/h4,6,10-11H,2-3,5,7-9H2,1H3,(H,17,19,21)/t11-/m0/s1. The Morgan fingerprint density at radius 1 is 1.42 bits per heavy atom. The molecule has 0 spiro atoms. The number of nitrogens with zero attached hydrogens (tertiary/aromatic N) is 3. The number of anilines is 1. The van der Waals surface area contributed by atoms with Gasteiger partial charge in [-0.15, -0.1) is 10.2 Å². The van der Waals surface area contributed by atoms with E-state index in [9.17, 15) is 9.59 Å². The van der Waals surface area contributed by atoms with Crippen molar-refractivity contribution < 1.29 is 14.0 Å². The Morgan fingerprint density at radius 3 is 3.00 bits per heavy atom. The Labute approximate surface area is 144 Å². The number of carbonyl (C=O) groups excluding carboxylic acids is 2. The Hall–Kier alpha value is -2.22. The van der Waals surface area contributed by atoms with Gasteiger partial charge in [-0.2, -0.15) is 0 Å². The van der Waals surface area contributed by atoms with Crippen LogP contribution in [-0.2, 0) is 16.0 Å². The predicted octanol–water partition coefficient (Wildman–Crippen LogP) is 2.78. The average molecular weight is 348 g/mol. The molecule has 24 heavy (non-hydrogen) atoms. The fraction of sp³-hybridized carbons (Fsp3) is 0.500. The van der Waals surface area contributed by atoms with E-state index in [1.165, 1.54) is 11.3 Å². The highest BCUT2D eigenvalue weighted by Crippen LogP contribution is 2.32. The lowest BCUT2D eigenvalue weighted by atomic mass is 10.1. The normalized spacial score (nSPS) is 17.2. The van der Waals surface area contributed by atoms with Gasteiger partial charge in [-0.05, 0) is 31.4 Å². The first-order valence-electron chi connectivity index (χ1n) is 8.12. The number of furan rings is 1. The molecule has 0 bridgehead atoms. The summed E-state index contributed by atoms with van der Waals surface area (Å²) in [5, 5.41) is 11.9. The van der Waals surface area contributed by atoms with Gasteiger partial charge >= 0.3 is 0 Å². The van der Waals surface area contributed by atoms with Crippen molar-refractivity contribution in [2.45, 2.75) is 45.1 Å². The second kappa shape index (κ2) is 7.57. The van der Waals surface area contributed by atoms with Gasteiger partial charge in [-0.1, -0.05) is 18.3 Å². The molecule has 1 atom stereocenters. The largest absolute Gasteiger partial charge is 0.467 e. The number of hydrogen-bond acceptors (Lipinski definition) is 6. The van der Waals surface area contributed by atoms with Gasteiger partial charge in [-0.3, -0.25) is 9.59 Å². The van der Waals surface area contributed by atoms with Gasteiger partial charge in [0.1, 0.15) is 10.8 Å². The van der Waals surface area contributed by atoms with Gasteiger partial charge in [0.25, 0.3) is 0 Å². The van der Waals surface area contributed by atoms with Crippen molar-refractivity contribution in [1.82, 2.24) is 15.1 Å². The molecule has 1 N–H and O–H groups in total. The molecule has 2 aromatic heterocycles. The van der Waals surface area contributed by atoms with Crippen molar-refractivity contribution in [3.8, 4) is 0 Å². The van der Waals surface area contributed by atoms with Crippen molar-refractivity contribution in [3.63, 3.8) is 0 Å². The third-order valence-electron chi connectivity index (χ3n) is 4.03. The summed E-state index contributed by atoms with van der Waals surface area (Å²) in [5.41, 5.74) is 0. The molecule has 7 nitrogen and oxygen atoms in total. The van der Waals surface area contributed by atoms with Crippen molar-refractivity contribution >= 4 is 28.3 Å². The summed E-state index contributed by atoms with van der Waals surface area (Å²) in [6.07, 6.45) is 4.58. The molecule has 0 saturated carbocycles. The van der Waals surface area contributed by atoms with Crippen LogP contribution in [0.3, 0.4) is 0 Å². The number of amides is 2. The lowest BCUT2D eigenvalue weighted by Crippen LogP contribution is -2.31. The smallest absolute Gasteiger partial charge is 0.226 e. The number of aromatic nitrogens is 2. The lowest BCUT2D eigenvalue weighted by molar-refractivity contribution is -0.134. The molecule has 3 rings (SSSR count). The molecule has 0 radical (unpaired) electrons. The second-order valence-electron chi connectivity index (χ2n) is 5.66. The molecule has 1 fully saturated rings. The number of rotatable bonds is 6. The monoisotopic (exact) mass is 348 g/mol. The first-order chi connectivity index (χ1) is 11.7. The zero-order valence-electron chi connectivity index (χ0n) is 13.5. The highest BCUT2D eigenvalue weighted by Gasteiger charge is 2.31. The van der Waals surface area contributed by atoms with Crippen LogP contribution in [0.4, 0.5) is 5.13 Å². The van der Waals surface area contributed by atoms with Crippen LogP contribution in [0, 0.1) is 0 Å². The van der Waals surface area contributed by atoms with Crippen molar-refractivity contribution in [3.05, 3.63) is 29.2 Å². The zero-order chi connectivity index (χ0) is 16.9. The molecule has 0 unspecified atom stereocenters. The van der Waals surface area contributed by atoms with Gasteiger partial charge in [-0.25, -0.2) is 0 Å². The van der Waals surface area contributed by atoms with Crippen LogP contribution >= 0.6 is 11.3 Å². The molecular weight excluding hydrogens is 328 g/mol. The summed E-state index contributed by atoms with van der Waals surface area (Å²) >= 11 is 1.36. The first-order valence-corrected chi connectivity index (χ1v) is 8.94. The van der Waals surface area contributed by atoms with Crippen molar-refractivity contribution in [1.29, 1.82) is 0 Å². The van der Waals surface area contributed by atoms with E-state index in [1.807, 2.05) is 24.0 Å².